The molecule has 1 aromatic rings. The Labute approximate surface area is 115 Å². The summed E-state index contributed by atoms with van der Waals surface area (Å²) in [6, 6.07) is 2.76. The molecule has 100 valence electrons. The largest absolute Gasteiger partial charge is 0.307 e. The zero-order valence-electron chi connectivity index (χ0n) is 10.5. The van der Waals surface area contributed by atoms with Crippen molar-refractivity contribution in [3.63, 3.8) is 0 Å². The fourth-order valence-electron chi connectivity index (χ4n) is 2.80. The second kappa shape index (κ2) is 5.66. The summed E-state index contributed by atoms with van der Waals surface area (Å²) in [6.07, 6.45) is 4.67. The molecule has 1 fully saturated rings. The second-order valence-corrected chi connectivity index (χ2v) is 5.75. The van der Waals surface area contributed by atoms with E-state index < -0.39 is 17.2 Å². The number of hydrogen-bond acceptors (Lipinski definition) is 1. The first-order chi connectivity index (χ1) is 8.60. The summed E-state index contributed by atoms with van der Waals surface area (Å²) in [5.41, 5.74) is -0.365. The maximum absolute atomic E-state index is 14.3. The minimum absolute atomic E-state index is 0.196. The lowest BCUT2D eigenvalue weighted by Gasteiger charge is -2.34. The van der Waals surface area contributed by atoms with E-state index in [2.05, 4.69) is 21.2 Å². The molecule has 1 saturated heterocycles. The normalized spacial score (nSPS) is 24.9. The van der Waals surface area contributed by atoms with Crippen LogP contribution in [0.1, 0.15) is 44.6 Å². The molecule has 0 bridgehead atoms. The highest BCUT2D eigenvalue weighted by Crippen LogP contribution is 2.38. The van der Waals surface area contributed by atoms with Crippen LogP contribution in [-0.2, 0) is 5.54 Å². The van der Waals surface area contributed by atoms with Gasteiger partial charge in [-0.15, -0.1) is 0 Å². The average Bonchev–Trinajstić information content (AvgIpc) is 2.61. The van der Waals surface area contributed by atoms with E-state index in [4.69, 9.17) is 0 Å². The van der Waals surface area contributed by atoms with Gasteiger partial charge in [-0.3, -0.25) is 0 Å². The summed E-state index contributed by atoms with van der Waals surface area (Å²) in [5.74, 6) is -0.918. The van der Waals surface area contributed by atoms with E-state index in [9.17, 15) is 8.78 Å². The first-order valence-corrected chi connectivity index (χ1v) is 7.29. The van der Waals surface area contributed by atoms with Crippen LogP contribution in [-0.4, -0.2) is 6.54 Å². The van der Waals surface area contributed by atoms with Crippen LogP contribution in [0.4, 0.5) is 8.78 Å². The highest BCUT2D eigenvalue weighted by Gasteiger charge is 2.36. The van der Waals surface area contributed by atoms with Crippen LogP contribution >= 0.6 is 15.9 Å². The first kappa shape index (κ1) is 13.9. The van der Waals surface area contributed by atoms with Gasteiger partial charge >= 0.3 is 0 Å². The fraction of sp³-hybridized carbons (Fsp3) is 0.571. The maximum Gasteiger partial charge on any atom is 0.145 e. The SMILES string of the molecule is CCC1(c2c(F)ccc(Br)c2F)CCCCCN1. The van der Waals surface area contributed by atoms with Crippen molar-refractivity contribution < 1.29 is 8.78 Å². The Hall–Kier alpha value is -0.480. The van der Waals surface area contributed by atoms with Crippen molar-refractivity contribution in [3.8, 4) is 0 Å². The van der Waals surface area contributed by atoms with Gasteiger partial charge in [0, 0.05) is 11.1 Å². The molecule has 1 heterocycles. The quantitative estimate of drug-likeness (QED) is 0.792. The highest BCUT2D eigenvalue weighted by atomic mass is 79.9. The molecule has 1 N–H and O–H groups in total. The Bertz CT molecular complexity index is 426. The Morgan fingerprint density at radius 3 is 2.78 bits per heavy atom. The molecule has 0 aromatic heterocycles. The van der Waals surface area contributed by atoms with E-state index in [-0.39, 0.29) is 5.56 Å². The monoisotopic (exact) mass is 317 g/mol. The molecular formula is C14H18BrF2N. The molecule has 1 unspecified atom stereocenters. The van der Waals surface area contributed by atoms with Gasteiger partial charge < -0.3 is 5.32 Å². The number of halogens is 3. The van der Waals surface area contributed by atoms with Gasteiger partial charge in [0.2, 0.25) is 0 Å². The van der Waals surface area contributed by atoms with Gasteiger partial charge in [-0.25, -0.2) is 8.78 Å². The molecule has 1 aromatic carbocycles. The predicted molar refractivity (Wildman–Crippen MR) is 72.5 cm³/mol. The molecule has 0 radical (unpaired) electrons. The zero-order chi connectivity index (χ0) is 13.2. The van der Waals surface area contributed by atoms with Crippen LogP contribution in [0.5, 0.6) is 0 Å². The fourth-order valence-corrected chi connectivity index (χ4v) is 3.13. The molecule has 4 heteroatoms. The molecule has 0 amide bonds. The van der Waals surface area contributed by atoms with Crippen molar-refractivity contribution >= 4 is 15.9 Å². The van der Waals surface area contributed by atoms with E-state index in [1.807, 2.05) is 6.92 Å². The summed E-state index contributed by atoms with van der Waals surface area (Å²) in [4.78, 5) is 0. The minimum Gasteiger partial charge on any atom is -0.307 e. The van der Waals surface area contributed by atoms with Crippen LogP contribution in [0.2, 0.25) is 0 Å². The summed E-state index contributed by atoms with van der Waals surface area (Å²) < 4.78 is 28.7. The lowest BCUT2D eigenvalue weighted by atomic mass is 9.82. The van der Waals surface area contributed by atoms with Crippen LogP contribution in [0, 0.1) is 11.6 Å². The summed E-state index contributed by atoms with van der Waals surface area (Å²) in [5, 5.41) is 3.37. The van der Waals surface area contributed by atoms with E-state index in [1.54, 1.807) is 0 Å². The van der Waals surface area contributed by atoms with Gasteiger partial charge in [0.05, 0.1) is 4.47 Å². The number of nitrogens with one attached hydrogen (secondary N) is 1. The average molecular weight is 318 g/mol. The highest BCUT2D eigenvalue weighted by molar-refractivity contribution is 9.10. The second-order valence-electron chi connectivity index (χ2n) is 4.89. The van der Waals surface area contributed by atoms with Crippen LogP contribution < -0.4 is 5.32 Å². The third-order valence-electron chi connectivity index (χ3n) is 3.87. The molecule has 1 aliphatic heterocycles. The van der Waals surface area contributed by atoms with Crippen molar-refractivity contribution in [2.75, 3.05) is 6.54 Å². The topological polar surface area (TPSA) is 12.0 Å². The Morgan fingerprint density at radius 2 is 2.06 bits per heavy atom. The van der Waals surface area contributed by atoms with Crippen molar-refractivity contribution in [1.82, 2.24) is 5.32 Å². The van der Waals surface area contributed by atoms with Gasteiger partial charge in [0.15, 0.2) is 0 Å². The molecular weight excluding hydrogens is 300 g/mol. The van der Waals surface area contributed by atoms with E-state index in [0.29, 0.717) is 10.9 Å². The number of hydrogen-bond donors (Lipinski definition) is 1. The van der Waals surface area contributed by atoms with Crippen LogP contribution in [0.3, 0.4) is 0 Å². The van der Waals surface area contributed by atoms with E-state index >= 15 is 0 Å². The molecule has 1 atom stereocenters. The van der Waals surface area contributed by atoms with Gasteiger partial charge in [-0.05, 0) is 53.9 Å². The van der Waals surface area contributed by atoms with Crippen molar-refractivity contribution in [1.29, 1.82) is 0 Å². The van der Waals surface area contributed by atoms with Crippen molar-refractivity contribution in [2.45, 2.75) is 44.6 Å². The Kier molecular flexibility index (Phi) is 4.38. The third-order valence-corrected chi connectivity index (χ3v) is 4.48. The summed E-state index contributed by atoms with van der Waals surface area (Å²) in [6.45, 7) is 2.80. The number of benzene rings is 1. The Balaban J connectivity index is 2.52. The van der Waals surface area contributed by atoms with Gasteiger partial charge in [-0.2, -0.15) is 0 Å². The first-order valence-electron chi connectivity index (χ1n) is 6.50. The smallest absolute Gasteiger partial charge is 0.145 e. The third kappa shape index (κ3) is 2.45. The predicted octanol–water partition coefficient (Wildman–Crippen LogP) is 4.50. The summed E-state index contributed by atoms with van der Waals surface area (Å²) >= 11 is 3.15. The lowest BCUT2D eigenvalue weighted by Crippen LogP contribution is -2.42. The molecule has 0 spiro atoms. The minimum atomic E-state index is -0.561. The van der Waals surface area contributed by atoms with Crippen LogP contribution in [0.15, 0.2) is 16.6 Å². The van der Waals surface area contributed by atoms with Gasteiger partial charge in [0.1, 0.15) is 11.6 Å². The Morgan fingerprint density at radius 1 is 1.28 bits per heavy atom. The van der Waals surface area contributed by atoms with Gasteiger partial charge in [-0.1, -0.05) is 19.8 Å². The standard InChI is InChI=1S/C14H18BrF2N/c1-2-14(8-4-3-5-9-18-14)12-11(16)7-6-10(15)13(12)17/h6-7,18H,2-5,8-9H2,1H3. The molecule has 1 aliphatic rings. The molecule has 2 rings (SSSR count). The number of rotatable bonds is 2. The molecule has 1 nitrogen and oxygen atoms in total. The van der Waals surface area contributed by atoms with Crippen molar-refractivity contribution in [2.24, 2.45) is 0 Å². The molecule has 18 heavy (non-hydrogen) atoms. The maximum atomic E-state index is 14.3. The lowest BCUT2D eigenvalue weighted by molar-refractivity contribution is 0.287. The molecule has 0 saturated carbocycles. The summed E-state index contributed by atoms with van der Waals surface area (Å²) in [7, 11) is 0. The van der Waals surface area contributed by atoms with Crippen molar-refractivity contribution in [3.05, 3.63) is 33.8 Å². The zero-order valence-corrected chi connectivity index (χ0v) is 12.1. The van der Waals surface area contributed by atoms with E-state index in [0.717, 1.165) is 32.2 Å². The molecule has 0 aliphatic carbocycles. The van der Waals surface area contributed by atoms with E-state index in [1.165, 1.54) is 12.1 Å². The van der Waals surface area contributed by atoms with Crippen LogP contribution in [0.25, 0.3) is 0 Å². The van der Waals surface area contributed by atoms with Gasteiger partial charge in [0.25, 0.3) is 0 Å².